The van der Waals surface area contributed by atoms with Gasteiger partial charge in [-0.2, -0.15) is 5.10 Å². The summed E-state index contributed by atoms with van der Waals surface area (Å²) in [5.74, 6) is -0.103. The molecule has 0 saturated heterocycles. The van der Waals surface area contributed by atoms with Gasteiger partial charge in [0.25, 0.3) is 0 Å². The molecule has 4 rings (SSSR count). The number of nitrogens with one attached hydrogen (secondary N) is 1. The SMILES string of the molecule is CCc1ccc(-n2nc(C)c3c2NC(=O)C[C@H]3C(=O)c2cc(C)ccc2C)cc1. The zero-order chi connectivity index (χ0) is 20.7. The Balaban J connectivity index is 1.81. The van der Waals surface area contributed by atoms with Crippen molar-refractivity contribution in [3.05, 3.63) is 76.0 Å². The molecule has 1 amide bonds. The van der Waals surface area contributed by atoms with Gasteiger partial charge in [0.15, 0.2) is 5.78 Å². The summed E-state index contributed by atoms with van der Waals surface area (Å²) in [7, 11) is 0. The summed E-state index contributed by atoms with van der Waals surface area (Å²) in [6.07, 6.45) is 1.10. The van der Waals surface area contributed by atoms with Crippen molar-refractivity contribution in [1.29, 1.82) is 0 Å². The van der Waals surface area contributed by atoms with Crippen molar-refractivity contribution >= 4 is 17.5 Å². The highest BCUT2D eigenvalue weighted by molar-refractivity contribution is 6.08. The monoisotopic (exact) mass is 387 g/mol. The molecule has 29 heavy (non-hydrogen) atoms. The largest absolute Gasteiger partial charge is 0.310 e. The first-order valence-electron chi connectivity index (χ1n) is 9.99. The standard InChI is InChI=1S/C24H25N3O2/c1-5-17-8-10-18(11-9-17)27-24-22(16(4)26-27)20(13-21(28)25-24)23(29)19-12-14(2)6-7-15(19)3/h6-12,20H,5,13H2,1-4H3,(H,25,28)/t20-/m1/s1. The zero-order valence-corrected chi connectivity index (χ0v) is 17.2. The summed E-state index contributed by atoms with van der Waals surface area (Å²) >= 11 is 0. The van der Waals surface area contributed by atoms with E-state index in [9.17, 15) is 9.59 Å². The third-order valence-corrected chi connectivity index (χ3v) is 5.67. The quantitative estimate of drug-likeness (QED) is 0.662. The summed E-state index contributed by atoms with van der Waals surface area (Å²) in [6, 6.07) is 14.0. The Morgan fingerprint density at radius 2 is 1.86 bits per heavy atom. The van der Waals surface area contributed by atoms with Crippen LogP contribution >= 0.6 is 0 Å². The molecule has 148 valence electrons. The smallest absolute Gasteiger partial charge is 0.226 e. The van der Waals surface area contributed by atoms with Crippen LogP contribution in [0.5, 0.6) is 0 Å². The molecule has 1 aliphatic heterocycles. The number of anilines is 1. The van der Waals surface area contributed by atoms with Crippen LogP contribution in [0, 0.1) is 20.8 Å². The predicted octanol–water partition coefficient (Wildman–Crippen LogP) is 4.67. The van der Waals surface area contributed by atoms with Crippen molar-refractivity contribution < 1.29 is 9.59 Å². The highest BCUT2D eigenvalue weighted by Gasteiger charge is 2.36. The average molecular weight is 387 g/mol. The Kier molecular flexibility index (Phi) is 4.82. The number of nitrogens with zero attached hydrogens (tertiary/aromatic N) is 2. The van der Waals surface area contributed by atoms with Crippen LogP contribution in [-0.2, 0) is 11.2 Å². The minimum absolute atomic E-state index is 0.0220. The molecule has 1 aliphatic rings. The Morgan fingerprint density at radius 1 is 1.14 bits per heavy atom. The van der Waals surface area contributed by atoms with Gasteiger partial charge in [-0.25, -0.2) is 4.68 Å². The fourth-order valence-corrected chi connectivity index (χ4v) is 4.02. The summed E-state index contributed by atoms with van der Waals surface area (Å²) in [5.41, 5.74) is 6.31. The second-order valence-corrected chi connectivity index (χ2v) is 7.77. The number of ketones is 1. The summed E-state index contributed by atoms with van der Waals surface area (Å²) in [5, 5.41) is 7.62. The highest BCUT2D eigenvalue weighted by Crippen LogP contribution is 2.38. The molecule has 0 radical (unpaired) electrons. The van der Waals surface area contributed by atoms with E-state index in [2.05, 4.69) is 29.5 Å². The molecule has 5 heteroatoms. The van der Waals surface area contributed by atoms with Crippen molar-refractivity contribution in [2.75, 3.05) is 5.32 Å². The Labute approximate surface area is 170 Å². The van der Waals surface area contributed by atoms with Gasteiger partial charge in [0.2, 0.25) is 5.91 Å². The van der Waals surface area contributed by atoms with Crippen LogP contribution in [0.15, 0.2) is 42.5 Å². The molecule has 1 atom stereocenters. The van der Waals surface area contributed by atoms with Crippen LogP contribution < -0.4 is 5.32 Å². The molecular weight excluding hydrogens is 362 g/mol. The van der Waals surface area contributed by atoms with E-state index in [1.807, 2.05) is 51.1 Å². The van der Waals surface area contributed by atoms with E-state index >= 15 is 0 Å². The van der Waals surface area contributed by atoms with Crippen LogP contribution in [0.25, 0.3) is 5.69 Å². The van der Waals surface area contributed by atoms with Crippen LogP contribution in [0.2, 0.25) is 0 Å². The number of amides is 1. The minimum atomic E-state index is -0.525. The molecule has 2 heterocycles. The van der Waals surface area contributed by atoms with Crippen molar-refractivity contribution in [3.63, 3.8) is 0 Å². The van der Waals surface area contributed by atoms with Crippen molar-refractivity contribution in [2.45, 2.75) is 46.5 Å². The molecule has 1 N–H and O–H groups in total. The zero-order valence-electron chi connectivity index (χ0n) is 17.2. The number of fused-ring (bicyclic) bond motifs is 1. The third-order valence-electron chi connectivity index (χ3n) is 5.67. The Bertz CT molecular complexity index is 1110. The molecule has 0 unspecified atom stereocenters. The lowest BCUT2D eigenvalue weighted by atomic mass is 9.84. The van der Waals surface area contributed by atoms with Gasteiger partial charge in [-0.1, -0.05) is 36.8 Å². The number of hydrogen-bond acceptors (Lipinski definition) is 3. The minimum Gasteiger partial charge on any atom is -0.310 e. The third kappa shape index (κ3) is 3.37. The van der Waals surface area contributed by atoms with Crippen molar-refractivity contribution in [1.82, 2.24) is 9.78 Å². The van der Waals surface area contributed by atoms with Crippen LogP contribution in [-0.4, -0.2) is 21.5 Å². The maximum atomic E-state index is 13.4. The summed E-state index contributed by atoms with van der Waals surface area (Å²) in [4.78, 5) is 26.0. The lowest BCUT2D eigenvalue weighted by Gasteiger charge is -2.24. The molecular formula is C24H25N3O2. The Hall–Kier alpha value is -3.21. The van der Waals surface area contributed by atoms with Gasteiger partial charge >= 0.3 is 0 Å². The van der Waals surface area contributed by atoms with Crippen molar-refractivity contribution in [2.24, 2.45) is 0 Å². The first-order valence-corrected chi connectivity index (χ1v) is 9.99. The first-order chi connectivity index (χ1) is 13.9. The molecule has 5 nitrogen and oxygen atoms in total. The van der Waals surface area contributed by atoms with Gasteiger partial charge in [0.1, 0.15) is 5.82 Å². The highest BCUT2D eigenvalue weighted by atomic mass is 16.2. The molecule has 0 bridgehead atoms. The normalized spacial score (nSPS) is 15.7. The molecule has 1 aromatic heterocycles. The first kappa shape index (κ1) is 19.1. The maximum absolute atomic E-state index is 13.4. The lowest BCUT2D eigenvalue weighted by Crippen LogP contribution is -2.28. The van der Waals surface area contributed by atoms with E-state index in [0.717, 1.165) is 34.5 Å². The number of Topliss-reactive ketones (excluding diaryl/α,β-unsaturated/α-hetero) is 1. The molecule has 0 fully saturated rings. The number of rotatable bonds is 4. The number of hydrogen-bond donors (Lipinski definition) is 1. The fraction of sp³-hybridized carbons (Fsp3) is 0.292. The van der Waals surface area contributed by atoms with Crippen molar-refractivity contribution in [3.8, 4) is 5.69 Å². The number of carbonyl (C=O) groups excluding carboxylic acids is 2. The van der Waals surface area contributed by atoms with E-state index in [1.165, 1.54) is 5.56 Å². The van der Waals surface area contributed by atoms with Gasteiger partial charge in [-0.05, 0) is 56.5 Å². The molecule has 0 spiro atoms. The van der Waals surface area contributed by atoms with Gasteiger partial charge in [-0.3, -0.25) is 9.59 Å². The average Bonchev–Trinajstić information content (AvgIpc) is 3.05. The number of aryl methyl sites for hydroxylation is 4. The predicted molar refractivity (Wildman–Crippen MR) is 114 cm³/mol. The van der Waals surface area contributed by atoms with Gasteiger partial charge in [-0.15, -0.1) is 0 Å². The Morgan fingerprint density at radius 3 is 2.55 bits per heavy atom. The lowest BCUT2D eigenvalue weighted by molar-refractivity contribution is -0.116. The summed E-state index contributed by atoms with van der Waals surface area (Å²) < 4.78 is 1.74. The molecule has 0 saturated carbocycles. The van der Waals surface area contributed by atoms with Crippen LogP contribution in [0.4, 0.5) is 5.82 Å². The second-order valence-electron chi connectivity index (χ2n) is 7.77. The van der Waals surface area contributed by atoms with E-state index in [4.69, 9.17) is 0 Å². The number of carbonyl (C=O) groups is 2. The molecule has 2 aromatic carbocycles. The topological polar surface area (TPSA) is 64.0 Å². The van der Waals surface area contributed by atoms with E-state index in [0.29, 0.717) is 11.4 Å². The molecule has 0 aliphatic carbocycles. The van der Waals surface area contributed by atoms with Gasteiger partial charge in [0.05, 0.1) is 17.3 Å². The van der Waals surface area contributed by atoms with Gasteiger partial charge < -0.3 is 5.32 Å². The van der Waals surface area contributed by atoms with Crippen LogP contribution in [0.1, 0.15) is 57.6 Å². The second kappa shape index (κ2) is 7.32. The van der Waals surface area contributed by atoms with E-state index < -0.39 is 5.92 Å². The van der Waals surface area contributed by atoms with E-state index in [-0.39, 0.29) is 18.1 Å². The maximum Gasteiger partial charge on any atom is 0.226 e. The number of benzene rings is 2. The van der Waals surface area contributed by atoms with Gasteiger partial charge in [0, 0.05) is 17.5 Å². The van der Waals surface area contributed by atoms with E-state index in [1.54, 1.807) is 4.68 Å². The molecule has 3 aromatic rings. The number of aromatic nitrogens is 2. The fourth-order valence-electron chi connectivity index (χ4n) is 4.02. The van der Waals surface area contributed by atoms with Crippen LogP contribution in [0.3, 0.4) is 0 Å². The summed E-state index contributed by atoms with van der Waals surface area (Å²) in [6.45, 7) is 7.91.